The molecule has 1 aromatic heterocycles. The van der Waals surface area contributed by atoms with E-state index in [-0.39, 0.29) is 12.5 Å². The Hall–Kier alpha value is -3.41. The number of amides is 1. The van der Waals surface area contributed by atoms with E-state index in [0.717, 1.165) is 22.2 Å². The van der Waals surface area contributed by atoms with E-state index in [1.54, 1.807) is 6.07 Å². The van der Waals surface area contributed by atoms with Crippen LogP contribution in [0.1, 0.15) is 22.5 Å². The van der Waals surface area contributed by atoms with Crippen LogP contribution in [0.15, 0.2) is 65.8 Å². The number of fused-ring (bicyclic) bond motifs is 1. The molecule has 130 valence electrons. The predicted molar refractivity (Wildman–Crippen MR) is 97.9 cm³/mol. The molecule has 1 aliphatic heterocycles. The van der Waals surface area contributed by atoms with Crippen LogP contribution >= 0.6 is 0 Å². The summed E-state index contributed by atoms with van der Waals surface area (Å²) in [5, 5.41) is 6.63. The second-order valence-electron chi connectivity index (χ2n) is 6.03. The monoisotopic (exact) mass is 347 g/mol. The molecule has 3 aromatic rings. The van der Waals surface area contributed by atoms with Crippen molar-refractivity contribution >= 4 is 28.5 Å². The smallest absolute Gasteiger partial charge is 0.355 e. The van der Waals surface area contributed by atoms with Crippen LogP contribution in [0.4, 0.5) is 0 Å². The van der Waals surface area contributed by atoms with Crippen LogP contribution in [0, 0.1) is 0 Å². The van der Waals surface area contributed by atoms with Crippen molar-refractivity contribution in [2.75, 3.05) is 13.2 Å². The van der Waals surface area contributed by atoms with Gasteiger partial charge in [0.1, 0.15) is 5.69 Å². The topological polar surface area (TPSA) is 74.8 Å². The highest BCUT2D eigenvalue weighted by Crippen LogP contribution is 2.16. The van der Waals surface area contributed by atoms with Gasteiger partial charge in [-0.3, -0.25) is 4.79 Å². The van der Waals surface area contributed by atoms with E-state index >= 15 is 0 Å². The molecule has 4 rings (SSSR count). The number of benzene rings is 2. The molecule has 0 unspecified atom stereocenters. The normalized spacial score (nSPS) is 13.7. The summed E-state index contributed by atoms with van der Waals surface area (Å²) in [6, 6.07) is 19.0. The molecule has 1 amide bonds. The average molecular weight is 347 g/mol. The first-order chi connectivity index (χ1) is 12.7. The minimum atomic E-state index is -0.555. The van der Waals surface area contributed by atoms with Crippen molar-refractivity contribution in [1.29, 1.82) is 0 Å². The molecule has 0 bridgehead atoms. The zero-order valence-corrected chi connectivity index (χ0v) is 14.0. The second kappa shape index (κ2) is 6.84. The number of hydrogen-bond acceptors (Lipinski definition) is 4. The van der Waals surface area contributed by atoms with Crippen molar-refractivity contribution in [2.24, 2.45) is 5.10 Å². The predicted octanol–water partition coefficient (Wildman–Crippen LogP) is 2.96. The summed E-state index contributed by atoms with van der Waals surface area (Å²) in [4.78, 5) is 27.4. The molecule has 0 fully saturated rings. The van der Waals surface area contributed by atoms with Gasteiger partial charge in [0.15, 0.2) is 6.61 Å². The van der Waals surface area contributed by atoms with E-state index < -0.39 is 5.97 Å². The van der Waals surface area contributed by atoms with Crippen LogP contribution in [0.2, 0.25) is 0 Å². The van der Waals surface area contributed by atoms with Crippen LogP contribution in [0.25, 0.3) is 10.9 Å². The first-order valence-electron chi connectivity index (χ1n) is 8.39. The van der Waals surface area contributed by atoms with E-state index in [9.17, 15) is 9.59 Å². The van der Waals surface area contributed by atoms with Crippen molar-refractivity contribution < 1.29 is 14.3 Å². The molecule has 1 aliphatic rings. The zero-order valence-electron chi connectivity index (χ0n) is 14.0. The van der Waals surface area contributed by atoms with Crippen LogP contribution in [-0.4, -0.2) is 40.7 Å². The fourth-order valence-corrected chi connectivity index (χ4v) is 2.93. The fraction of sp³-hybridized carbons (Fsp3) is 0.150. The Bertz CT molecular complexity index is 959. The number of hydrazone groups is 1. The number of carbonyl (C=O) groups is 2. The summed E-state index contributed by atoms with van der Waals surface area (Å²) in [6.45, 7) is 0.159. The highest BCUT2D eigenvalue weighted by Gasteiger charge is 2.23. The number of hydrogen-bond donors (Lipinski definition) is 1. The number of nitrogens with one attached hydrogen (secondary N) is 1. The number of carbonyl (C=O) groups excluding carboxylic acids is 2. The molecule has 2 heterocycles. The number of ether oxygens (including phenoxy) is 1. The van der Waals surface area contributed by atoms with Crippen LogP contribution < -0.4 is 0 Å². The first-order valence-corrected chi connectivity index (χ1v) is 8.39. The van der Waals surface area contributed by atoms with Crippen molar-refractivity contribution in [3.05, 3.63) is 71.9 Å². The van der Waals surface area contributed by atoms with E-state index in [1.165, 1.54) is 5.01 Å². The third kappa shape index (κ3) is 3.21. The number of esters is 1. The summed E-state index contributed by atoms with van der Waals surface area (Å²) in [5.41, 5.74) is 3.04. The van der Waals surface area contributed by atoms with E-state index in [2.05, 4.69) is 10.1 Å². The van der Waals surface area contributed by atoms with Gasteiger partial charge in [-0.1, -0.05) is 48.5 Å². The molecule has 0 atom stereocenters. The summed E-state index contributed by atoms with van der Waals surface area (Å²) in [7, 11) is 0. The SMILES string of the molecule is O=C(OCC(=O)N1CCC(c2ccccc2)=N1)c1cc2ccccc2[nH]1. The van der Waals surface area contributed by atoms with E-state index in [1.807, 2.05) is 54.6 Å². The average Bonchev–Trinajstić information content (AvgIpc) is 3.33. The Morgan fingerprint density at radius 3 is 2.65 bits per heavy atom. The summed E-state index contributed by atoms with van der Waals surface area (Å²) in [5.74, 6) is -0.888. The quantitative estimate of drug-likeness (QED) is 0.737. The Morgan fingerprint density at radius 2 is 1.85 bits per heavy atom. The third-order valence-electron chi connectivity index (χ3n) is 4.27. The number of aromatic amines is 1. The van der Waals surface area contributed by atoms with Gasteiger partial charge >= 0.3 is 5.97 Å². The molecule has 6 nitrogen and oxygen atoms in total. The Labute approximate surface area is 150 Å². The lowest BCUT2D eigenvalue weighted by atomic mass is 10.1. The minimum absolute atomic E-state index is 0.328. The third-order valence-corrected chi connectivity index (χ3v) is 4.27. The lowest BCUT2D eigenvalue weighted by Gasteiger charge is -2.11. The molecular weight excluding hydrogens is 330 g/mol. The highest BCUT2D eigenvalue weighted by atomic mass is 16.5. The largest absolute Gasteiger partial charge is 0.451 e. The Kier molecular flexibility index (Phi) is 4.23. The number of H-pyrrole nitrogens is 1. The van der Waals surface area contributed by atoms with E-state index in [4.69, 9.17) is 4.74 Å². The van der Waals surface area contributed by atoms with Gasteiger partial charge in [0.25, 0.3) is 5.91 Å². The van der Waals surface area contributed by atoms with Gasteiger partial charge in [-0.25, -0.2) is 9.80 Å². The van der Waals surface area contributed by atoms with Crippen LogP contribution in [0.3, 0.4) is 0 Å². The lowest BCUT2D eigenvalue weighted by Crippen LogP contribution is -2.28. The Balaban J connectivity index is 1.38. The number of para-hydroxylation sites is 1. The van der Waals surface area contributed by atoms with Gasteiger partial charge in [-0.15, -0.1) is 0 Å². The standard InChI is InChI=1S/C20H17N3O3/c24-19(23-11-10-17(22-23)14-6-2-1-3-7-14)13-26-20(25)18-12-15-8-4-5-9-16(15)21-18/h1-9,12,21H,10-11,13H2. The van der Waals surface area contributed by atoms with Crippen molar-refractivity contribution in [3.63, 3.8) is 0 Å². The number of nitrogens with zero attached hydrogens (tertiary/aromatic N) is 2. The molecule has 0 aliphatic carbocycles. The maximum atomic E-state index is 12.3. The maximum absolute atomic E-state index is 12.3. The first kappa shape index (κ1) is 16.1. The number of rotatable bonds is 4. The lowest BCUT2D eigenvalue weighted by molar-refractivity contribution is -0.134. The van der Waals surface area contributed by atoms with Gasteiger partial charge < -0.3 is 9.72 Å². The van der Waals surface area contributed by atoms with Gasteiger partial charge in [-0.2, -0.15) is 5.10 Å². The minimum Gasteiger partial charge on any atom is -0.451 e. The highest BCUT2D eigenvalue weighted by molar-refractivity contribution is 6.03. The van der Waals surface area contributed by atoms with E-state index in [0.29, 0.717) is 18.7 Å². The molecule has 2 aromatic carbocycles. The molecule has 0 spiro atoms. The van der Waals surface area contributed by atoms with Gasteiger partial charge in [0, 0.05) is 17.3 Å². The number of aromatic nitrogens is 1. The molecule has 6 heteroatoms. The fourth-order valence-electron chi connectivity index (χ4n) is 2.93. The summed E-state index contributed by atoms with van der Waals surface area (Å²) >= 11 is 0. The molecule has 26 heavy (non-hydrogen) atoms. The van der Waals surface area contributed by atoms with Crippen molar-refractivity contribution in [2.45, 2.75) is 6.42 Å². The van der Waals surface area contributed by atoms with Crippen LogP contribution in [0.5, 0.6) is 0 Å². The Morgan fingerprint density at radius 1 is 1.08 bits per heavy atom. The molecule has 0 saturated carbocycles. The van der Waals surface area contributed by atoms with Crippen molar-refractivity contribution in [1.82, 2.24) is 9.99 Å². The zero-order chi connectivity index (χ0) is 17.9. The molecule has 0 radical (unpaired) electrons. The summed E-state index contributed by atoms with van der Waals surface area (Å²) < 4.78 is 5.14. The maximum Gasteiger partial charge on any atom is 0.355 e. The van der Waals surface area contributed by atoms with Crippen LogP contribution in [-0.2, 0) is 9.53 Å². The molecular formula is C20H17N3O3. The molecule has 0 saturated heterocycles. The van der Waals surface area contributed by atoms with Gasteiger partial charge in [0.2, 0.25) is 0 Å². The second-order valence-corrected chi connectivity index (χ2v) is 6.03. The van der Waals surface area contributed by atoms with Crippen molar-refractivity contribution in [3.8, 4) is 0 Å². The van der Waals surface area contributed by atoms with Gasteiger partial charge in [-0.05, 0) is 17.7 Å². The van der Waals surface area contributed by atoms with Gasteiger partial charge in [0.05, 0.1) is 12.3 Å². The molecule has 1 N–H and O–H groups in total. The summed E-state index contributed by atoms with van der Waals surface area (Å²) in [6.07, 6.45) is 0.686.